The van der Waals surface area contributed by atoms with Crippen molar-refractivity contribution in [2.75, 3.05) is 13.2 Å². The molecule has 0 saturated heterocycles. The van der Waals surface area contributed by atoms with Crippen LogP contribution in [-0.4, -0.2) is 18.3 Å². The topological polar surface area (TPSA) is 32.3 Å². The first-order valence-electron chi connectivity index (χ1n) is 4.55. The summed E-state index contributed by atoms with van der Waals surface area (Å²) in [6.45, 7) is 2.22. The van der Waals surface area contributed by atoms with E-state index in [-0.39, 0.29) is 17.7 Å². The molecule has 0 radical (unpaired) electrons. The highest BCUT2D eigenvalue weighted by Crippen LogP contribution is 2.32. The van der Waals surface area contributed by atoms with E-state index in [0.717, 1.165) is 0 Å². The van der Waals surface area contributed by atoms with Gasteiger partial charge in [-0.05, 0) is 19.1 Å². The van der Waals surface area contributed by atoms with Crippen LogP contribution in [0.25, 0.3) is 0 Å². The fourth-order valence-corrected chi connectivity index (χ4v) is 2.02. The standard InChI is InChI=1S/C10H12Cl2FNO/c1-6(14-4-5-15)9-7(11)2-3-8(13)10(9)12/h2-3,6,14-15H,4-5H2,1H3. The lowest BCUT2D eigenvalue weighted by molar-refractivity contribution is 0.286. The van der Waals surface area contributed by atoms with Crippen LogP contribution in [0.5, 0.6) is 0 Å². The van der Waals surface area contributed by atoms with E-state index in [1.54, 1.807) is 0 Å². The van der Waals surface area contributed by atoms with Gasteiger partial charge in [-0.1, -0.05) is 23.2 Å². The van der Waals surface area contributed by atoms with E-state index in [4.69, 9.17) is 28.3 Å². The Labute approximate surface area is 98.0 Å². The molecular weight excluding hydrogens is 240 g/mol. The second-order valence-corrected chi connectivity index (χ2v) is 3.94. The van der Waals surface area contributed by atoms with E-state index in [2.05, 4.69) is 5.32 Å². The quantitative estimate of drug-likeness (QED) is 0.807. The van der Waals surface area contributed by atoms with Crippen LogP contribution in [0.4, 0.5) is 4.39 Å². The normalized spacial score (nSPS) is 12.9. The molecule has 0 aliphatic rings. The lowest BCUT2D eigenvalue weighted by Crippen LogP contribution is -2.22. The van der Waals surface area contributed by atoms with Crippen LogP contribution in [0, 0.1) is 5.82 Å². The Bertz CT molecular complexity index is 346. The highest BCUT2D eigenvalue weighted by Gasteiger charge is 2.16. The number of halogens is 3. The van der Waals surface area contributed by atoms with E-state index in [0.29, 0.717) is 17.1 Å². The Morgan fingerprint density at radius 2 is 2.13 bits per heavy atom. The lowest BCUT2D eigenvalue weighted by Gasteiger charge is -2.16. The first-order valence-corrected chi connectivity index (χ1v) is 5.31. The van der Waals surface area contributed by atoms with Gasteiger partial charge in [-0.2, -0.15) is 0 Å². The summed E-state index contributed by atoms with van der Waals surface area (Å²) in [7, 11) is 0. The van der Waals surface area contributed by atoms with Crippen LogP contribution >= 0.6 is 23.2 Å². The zero-order valence-corrected chi connectivity index (χ0v) is 9.74. The maximum atomic E-state index is 13.2. The number of benzene rings is 1. The summed E-state index contributed by atoms with van der Waals surface area (Å²) in [4.78, 5) is 0. The number of nitrogens with one attached hydrogen (secondary N) is 1. The highest BCUT2D eigenvalue weighted by molar-refractivity contribution is 6.36. The van der Waals surface area contributed by atoms with Gasteiger partial charge >= 0.3 is 0 Å². The van der Waals surface area contributed by atoms with Crippen LogP contribution in [0.2, 0.25) is 10.0 Å². The summed E-state index contributed by atoms with van der Waals surface area (Å²) < 4.78 is 13.2. The second-order valence-electron chi connectivity index (χ2n) is 3.16. The summed E-state index contributed by atoms with van der Waals surface area (Å²) in [5.74, 6) is -0.492. The number of rotatable bonds is 4. The summed E-state index contributed by atoms with van der Waals surface area (Å²) in [5, 5.41) is 12.1. The minimum Gasteiger partial charge on any atom is -0.395 e. The Kier molecular flexibility index (Phi) is 4.80. The van der Waals surface area contributed by atoms with Crippen molar-refractivity contribution < 1.29 is 9.50 Å². The van der Waals surface area contributed by atoms with Gasteiger partial charge < -0.3 is 10.4 Å². The van der Waals surface area contributed by atoms with Crippen LogP contribution in [0.15, 0.2) is 12.1 Å². The van der Waals surface area contributed by atoms with E-state index >= 15 is 0 Å². The molecule has 15 heavy (non-hydrogen) atoms. The third-order valence-corrected chi connectivity index (χ3v) is 2.79. The molecule has 0 aliphatic carbocycles. The molecule has 5 heteroatoms. The van der Waals surface area contributed by atoms with Gasteiger partial charge in [0.25, 0.3) is 0 Å². The van der Waals surface area contributed by atoms with Gasteiger partial charge in [0.2, 0.25) is 0 Å². The van der Waals surface area contributed by atoms with Gasteiger partial charge in [-0.25, -0.2) is 4.39 Å². The molecule has 0 bridgehead atoms. The first kappa shape index (κ1) is 12.7. The maximum Gasteiger partial charge on any atom is 0.142 e. The Morgan fingerprint density at radius 3 is 2.73 bits per heavy atom. The van der Waals surface area contributed by atoms with Crippen molar-refractivity contribution >= 4 is 23.2 Å². The lowest BCUT2D eigenvalue weighted by atomic mass is 10.1. The van der Waals surface area contributed by atoms with Gasteiger partial charge in [0, 0.05) is 23.2 Å². The average Bonchev–Trinajstić information content (AvgIpc) is 2.21. The highest BCUT2D eigenvalue weighted by atomic mass is 35.5. The van der Waals surface area contributed by atoms with Gasteiger partial charge in [0.15, 0.2) is 0 Å². The minimum absolute atomic E-state index is 0.00882. The summed E-state index contributed by atoms with van der Waals surface area (Å²) in [5.41, 5.74) is 0.520. The van der Waals surface area contributed by atoms with Crippen molar-refractivity contribution in [3.63, 3.8) is 0 Å². The minimum atomic E-state index is -0.492. The third kappa shape index (κ3) is 3.05. The predicted molar refractivity (Wildman–Crippen MR) is 59.9 cm³/mol. The molecule has 0 amide bonds. The molecule has 1 aromatic rings. The zero-order valence-electron chi connectivity index (χ0n) is 8.23. The van der Waals surface area contributed by atoms with Crippen molar-refractivity contribution in [2.24, 2.45) is 0 Å². The summed E-state index contributed by atoms with van der Waals surface area (Å²) in [6.07, 6.45) is 0. The van der Waals surface area contributed by atoms with Crippen LogP contribution in [0.3, 0.4) is 0 Å². The maximum absolute atomic E-state index is 13.2. The molecule has 0 saturated carbocycles. The summed E-state index contributed by atoms with van der Waals surface area (Å²) in [6, 6.07) is 2.50. The van der Waals surface area contributed by atoms with E-state index in [1.807, 2.05) is 6.92 Å². The van der Waals surface area contributed by atoms with Crippen molar-refractivity contribution in [3.05, 3.63) is 33.6 Å². The van der Waals surface area contributed by atoms with Crippen molar-refractivity contribution in [3.8, 4) is 0 Å². The number of hydrogen-bond donors (Lipinski definition) is 2. The van der Waals surface area contributed by atoms with Crippen molar-refractivity contribution in [1.29, 1.82) is 0 Å². The van der Waals surface area contributed by atoms with Gasteiger partial charge in [0.05, 0.1) is 11.6 Å². The van der Waals surface area contributed by atoms with Crippen molar-refractivity contribution in [2.45, 2.75) is 13.0 Å². The smallest absolute Gasteiger partial charge is 0.142 e. The largest absolute Gasteiger partial charge is 0.395 e. The Hall–Kier alpha value is -0.350. The first-order chi connectivity index (χ1) is 7.07. The molecule has 1 rings (SSSR count). The van der Waals surface area contributed by atoms with E-state index < -0.39 is 5.82 Å². The SMILES string of the molecule is CC(NCCO)c1c(Cl)ccc(F)c1Cl. The fourth-order valence-electron chi connectivity index (χ4n) is 1.32. The molecule has 84 valence electrons. The number of aliphatic hydroxyl groups excluding tert-OH is 1. The molecule has 1 unspecified atom stereocenters. The molecule has 2 nitrogen and oxygen atoms in total. The molecule has 1 aromatic carbocycles. The molecule has 0 spiro atoms. The van der Waals surface area contributed by atoms with Crippen LogP contribution in [-0.2, 0) is 0 Å². The summed E-state index contributed by atoms with van der Waals surface area (Å²) >= 11 is 11.7. The number of hydrogen-bond acceptors (Lipinski definition) is 2. The van der Waals surface area contributed by atoms with E-state index in [9.17, 15) is 4.39 Å². The zero-order chi connectivity index (χ0) is 11.4. The van der Waals surface area contributed by atoms with Crippen LogP contribution in [0.1, 0.15) is 18.5 Å². The average molecular weight is 252 g/mol. The van der Waals surface area contributed by atoms with Gasteiger partial charge in [-0.15, -0.1) is 0 Å². The monoisotopic (exact) mass is 251 g/mol. The Morgan fingerprint density at radius 1 is 1.47 bits per heavy atom. The molecule has 0 heterocycles. The molecule has 1 atom stereocenters. The number of aliphatic hydroxyl groups is 1. The molecule has 0 aliphatic heterocycles. The van der Waals surface area contributed by atoms with E-state index in [1.165, 1.54) is 12.1 Å². The van der Waals surface area contributed by atoms with Gasteiger partial charge in [0.1, 0.15) is 5.82 Å². The molecular formula is C10H12Cl2FNO. The molecule has 0 aromatic heterocycles. The van der Waals surface area contributed by atoms with Gasteiger partial charge in [-0.3, -0.25) is 0 Å². The molecule has 2 N–H and O–H groups in total. The van der Waals surface area contributed by atoms with Crippen molar-refractivity contribution in [1.82, 2.24) is 5.32 Å². The molecule has 0 fully saturated rings. The predicted octanol–water partition coefficient (Wildman–Crippen LogP) is 2.78. The Balaban J connectivity index is 2.96. The third-order valence-electron chi connectivity index (χ3n) is 2.07. The second kappa shape index (κ2) is 5.66. The van der Waals surface area contributed by atoms with Crippen LogP contribution < -0.4 is 5.32 Å². The fraction of sp³-hybridized carbons (Fsp3) is 0.400.